The lowest BCUT2D eigenvalue weighted by atomic mass is 10.3. The van der Waals surface area contributed by atoms with Gasteiger partial charge in [-0.3, -0.25) is 4.79 Å². The summed E-state index contributed by atoms with van der Waals surface area (Å²) in [6.07, 6.45) is 0. The Bertz CT molecular complexity index is 505. The van der Waals surface area contributed by atoms with Crippen LogP contribution in [-0.4, -0.2) is 45.6 Å². The van der Waals surface area contributed by atoms with Gasteiger partial charge in [-0.1, -0.05) is 0 Å². The van der Waals surface area contributed by atoms with Gasteiger partial charge in [-0.15, -0.1) is 0 Å². The van der Waals surface area contributed by atoms with Crippen LogP contribution in [0.2, 0.25) is 0 Å². The highest BCUT2D eigenvalue weighted by Crippen LogP contribution is 2.20. The fourth-order valence-electron chi connectivity index (χ4n) is 1.36. The molecule has 1 aromatic carbocycles. The van der Waals surface area contributed by atoms with E-state index in [0.717, 1.165) is 7.11 Å². The number of hydrogen-bond donors (Lipinski definition) is 1. The second kappa shape index (κ2) is 5.83. The van der Waals surface area contributed by atoms with Crippen LogP contribution in [0.15, 0.2) is 29.2 Å². The van der Waals surface area contributed by atoms with Crippen molar-refractivity contribution in [2.45, 2.75) is 10.1 Å². The first-order valence-corrected chi connectivity index (χ1v) is 6.58. The van der Waals surface area contributed by atoms with Crippen molar-refractivity contribution < 1.29 is 27.8 Å². The van der Waals surface area contributed by atoms with Crippen molar-refractivity contribution in [3.05, 3.63) is 24.3 Å². The van der Waals surface area contributed by atoms with Gasteiger partial charge in [0.2, 0.25) is 0 Å². The van der Waals surface area contributed by atoms with Crippen LogP contribution in [-0.2, 0) is 19.4 Å². The summed E-state index contributed by atoms with van der Waals surface area (Å²) < 4.78 is 33.4. The van der Waals surface area contributed by atoms with Gasteiger partial charge in [0.25, 0.3) is 0 Å². The minimum atomic E-state index is -3.97. The monoisotopic (exact) mass is 274 g/mol. The van der Waals surface area contributed by atoms with Crippen LogP contribution in [0.25, 0.3) is 0 Å². The van der Waals surface area contributed by atoms with Crippen LogP contribution in [0, 0.1) is 0 Å². The Morgan fingerprint density at radius 3 is 2.22 bits per heavy atom. The highest BCUT2D eigenvalue weighted by Gasteiger charge is 2.34. The molecule has 0 bridgehead atoms. The number of aliphatic hydroxyl groups excluding tert-OH is 1. The molecule has 0 aliphatic carbocycles. The first-order chi connectivity index (χ1) is 8.47. The molecule has 1 unspecified atom stereocenters. The highest BCUT2D eigenvalue weighted by atomic mass is 32.2. The van der Waals surface area contributed by atoms with Crippen molar-refractivity contribution in [2.24, 2.45) is 0 Å². The zero-order valence-corrected chi connectivity index (χ0v) is 10.8. The summed E-state index contributed by atoms with van der Waals surface area (Å²) >= 11 is 0. The molecule has 18 heavy (non-hydrogen) atoms. The second-order valence-corrected chi connectivity index (χ2v) is 5.55. The van der Waals surface area contributed by atoms with E-state index >= 15 is 0 Å². The maximum atomic E-state index is 12.1. The number of carbonyl (C=O) groups excluding carboxylic acids is 1. The lowest BCUT2D eigenvalue weighted by Gasteiger charge is -2.13. The quantitative estimate of drug-likeness (QED) is 0.760. The molecule has 1 rings (SSSR count). The topological polar surface area (TPSA) is 89.9 Å². The molecule has 0 fully saturated rings. The third-order valence-electron chi connectivity index (χ3n) is 2.39. The lowest BCUT2D eigenvalue weighted by Crippen LogP contribution is -2.34. The third-order valence-corrected chi connectivity index (χ3v) is 4.41. The van der Waals surface area contributed by atoms with Crippen LogP contribution in [0.3, 0.4) is 0 Å². The Labute approximate surface area is 105 Å². The predicted molar refractivity (Wildman–Crippen MR) is 63.1 cm³/mol. The molecule has 1 aromatic rings. The molecular weight excluding hydrogens is 260 g/mol. The normalized spacial score (nSPS) is 12.8. The van der Waals surface area contributed by atoms with Gasteiger partial charge in [-0.2, -0.15) is 0 Å². The molecule has 0 spiro atoms. The van der Waals surface area contributed by atoms with Crippen LogP contribution in [0.5, 0.6) is 5.75 Å². The summed E-state index contributed by atoms with van der Waals surface area (Å²) in [6.45, 7) is -0.832. The summed E-state index contributed by atoms with van der Waals surface area (Å²) in [5.41, 5.74) is 0. The number of rotatable bonds is 5. The average Bonchev–Trinajstić information content (AvgIpc) is 2.39. The first-order valence-electron chi connectivity index (χ1n) is 5.04. The van der Waals surface area contributed by atoms with Crippen molar-refractivity contribution in [1.29, 1.82) is 0 Å². The fraction of sp³-hybridized carbons (Fsp3) is 0.364. The van der Waals surface area contributed by atoms with Gasteiger partial charge in [0, 0.05) is 0 Å². The van der Waals surface area contributed by atoms with E-state index in [0.29, 0.717) is 5.75 Å². The van der Waals surface area contributed by atoms with E-state index in [4.69, 9.17) is 9.84 Å². The summed E-state index contributed by atoms with van der Waals surface area (Å²) in [4.78, 5) is 11.2. The number of carbonyl (C=O) groups is 1. The van der Waals surface area contributed by atoms with Crippen LogP contribution < -0.4 is 4.74 Å². The van der Waals surface area contributed by atoms with Crippen LogP contribution in [0.1, 0.15) is 0 Å². The minimum absolute atomic E-state index is 0.0762. The average molecular weight is 274 g/mol. The maximum Gasteiger partial charge on any atom is 0.326 e. The first kappa shape index (κ1) is 14.5. The van der Waals surface area contributed by atoms with Gasteiger partial charge < -0.3 is 14.6 Å². The minimum Gasteiger partial charge on any atom is -0.497 e. The lowest BCUT2D eigenvalue weighted by molar-refractivity contribution is -0.140. The Morgan fingerprint density at radius 2 is 1.83 bits per heavy atom. The molecular formula is C11H14O6S. The number of methoxy groups -OCH3 is 2. The number of benzene rings is 1. The van der Waals surface area contributed by atoms with E-state index in [1.807, 2.05) is 0 Å². The van der Waals surface area contributed by atoms with Gasteiger partial charge in [0.15, 0.2) is 15.1 Å². The molecule has 0 saturated carbocycles. The zero-order chi connectivity index (χ0) is 13.8. The van der Waals surface area contributed by atoms with Gasteiger partial charge in [0.1, 0.15) is 5.75 Å². The molecule has 0 amide bonds. The maximum absolute atomic E-state index is 12.1. The van der Waals surface area contributed by atoms with Gasteiger partial charge in [-0.05, 0) is 24.3 Å². The Balaban J connectivity index is 3.14. The van der Waals surface area contributed by atoms with E-state index in [9.17, 15) is 13.2 Å². The van der Waals surface area contributed by atoms with Crippen molar-refractivity contribution in [2.75, 3.05) is 20.8 Å². The van der Waals surface area contributed by atoms with Gasteiger partial charge in [-0.25, -0.2) is 8.42 Å². The Morgan fingerprint density at radius 1 is 1.28 bits per heavy atom. The van der Waals surface area contributed by atoms with E-state index < -0.39 is 27.7 Å². The smallest absolute Gasteiger partial charge is 0.326 e. The molecule has 0 aliphatic heterocycles. The summed E-state index contributed by atoms with van der Waals surface area (Å²) in [6, 6.07) is 5.52. The zero-order valence-electron chi connectivity index (χ0n) is 9.99. The molecule has 0 saturated heterocycles. The molecule has 7 heteroatoms. The third kappa shape index (κ3) is 2.80. The summed E-state index contributed by atoms with van der Waals surface area (Å²) in [5, 5.41) is 7.41. The van der Waals surface area contributed by atoms with Crippen molar-refractivity contribution in [1.82, 2.24) is 0 Å². The number of ether oxygens (including phenoxy) is 2. The summed E-state index contributed by atoms with van der Waals surface area (Å²) in [5.74, 6) is -0.499. The van der Waals surface area contributed by atoms with Crippen molar-refractivity contribution >= 4 is 15.8 Å². The number of sulfone groups is 1. The van der Waals surface area contributed by atoms with Gasteiger partial charge in [0.05, 0.1) is 25.7 Å². The molecule has 1 N–H and O–H groups in total. The Kier molecular flexibility index (Phi) is 4.69. The molecule has 0 aromatic heterocycles. The molecule has 0 radical (unpaired) electrons. The SMILES string of the molecule is COC(=O)C(CO)S(=O)(=O)c1ccc(OC)cc1. The molecule has 6 nitrogen and oxygen atoms in total. The van der Waals surface area contributed by atoms with Crippen LogP contribution in [0.4, 0.5) is 0 Å². The van der Waals surface area contributed by atoms with E-state index in [-0.39, 0.29) is 4.90 Å². The van der Waals surface area contributed by atoms with Crippen molar-refractivity contribution in [3.63, 3.8) is 0 Å². The number of esters is 1. The van der Waals surface area contributed by atoms with Gasteiger partial charge >= 0.3 is 5.97 Å². The number of aliphatic hydroxyl groups is 1. The largest absolute Gasteiger partial charge is 0.497 e. The standard InChI is InChI=1S/C11H14O6S/c1-16-8-3-5-9(6-4-8)18(14,15)10(7-12)11(13)17-2/h3-6,10,12H,7H2,1-2H3. The summed E-state index contributed by atoms with van der Waals surface area (Å²) in [7, 11) is -1.45. The molecule has 0 heterocycles. The molecule has 0 aliphatic rings. The molecule has 1 atom stereocenters. The number of hydrogen-bond acceptors (Lipinski definition) is 6. The highest BCUT2D eigenvalue weighted by molar-refractivity contribution is 7.92. The van der Waals surface area contributed by atoms with E-state index in [1.54, 1.807) is 0 Å². The van der Waals surface area contributed by atoms with Crippen molar-refractivity contribution in [3.8, 4) is 5.75 Å². The Hall–Kier alpha value is -1.60. The van der Waals surface area contributed by atoms with Crippen LogP contribution >= 0.6 is 0 Å². The second-order valence-electron chi connectivity index (χ2n) is 3.41. The van der Waals surface area contributed by atoms with E-state index in [1.165, 1.54) is 31.4 Å². The van der Waals surface area contributed by atoms with E-state index in [2.05, 4.69) is 4.74 Å². The fourth-order valence-corrected chi connectivity index (χ4v) is 2.75. The molecule has 100 valence electrons. The predicted octanol–water partition coefficient (Wildman–Crippen LogP) is 0.00280.